The molecular formula is C12H26N2O. The SMILES string of the molecule is CCCCN(C(=O)CCNC)C(C)CC. The molecule has 0 spiro atoms. The number of unbranched alkanes of at least 4 members (excludes halogenated alkanes) is 1. The van der Waals surface area contributed by atoms with Crippen LogP contribution in [-0.4, -0.2) is 37.0 Å². The Morgan fingerprint density at radius 1 is 1.40 bits per heavy atom. The Morgan fingerprint density at radius 3 is 2.53 bits per heavy atom. The number of nitrogens with zero attached hydrogens (tertiary/aromatic N) is 1. The lowest BCUT2D eigenvalue weighted by molar-refractivity contribution is -0.133. The van der Waals surface area contributed by atoms with Gasteiger partial charge in [-0.05, 0) is 26.8 Å². The number of rotatable bonds is 8. The largest absolute Gasteiger partial charge is 0.340 e. The fourth-order valence-electron chi connectivity index (χ4n) is 1.52. The van der Waals surface area contributed by atoms with Crippen molar-refractivity contribution in [1.29, 1.82) is 0 Å². The Hall–Kier alpha value is -0.570. The molecule has 0 aliphatic carbocycles. The van der Waals surface area contributed by atoms with Gasteiger partial charge < -0.3 is 10.2 Å². The van der Waals surface area contributed by atoms with Crippen LogP contribution in [0.5, 0.6) is 0 Å². The minimum absolute atomic E-state index is 0.284. The van der Waals surface area contributed by atoms with Crippen LogP contribution in [0.4, 0.5) is 0 Å². The van der Waals surface area contributed by atoms with E-state index in [2.05, 4.69) is 26.1 Å². The second-order valence-corrected chi connectivity index (χ2v) is 4.05. The predicted octanol–water partition coefficient (Wildman–Crippen LogP) is 2.02. The van der Waals surface area contributed by atoms with Gasteiger partial charge in [0.1, 0.15) is 0 Å². The summed E-state index contributed by atoms with van der Waals surface area (Å²) in [6.45, 7) is 8.11. The van der Waals surface area contributed by atoms with Crippen LogP contribution in [-0.2, 0) is 4.79 Å². The van der Waals surface area contributed by atoms with Crippen molar-refractivity contribution >= 4 is 5.91 Å². The van der Waals surface area contributed by atoms with Crippen LogP contribution in [0.3, 0.4) is 0 Å². The van der Waals surface area contributed by atoms with Crippen LogP contribution in [0.1, 0.15) is 46.5 Å². The summed E-state index contributed by atoms with van der Waals surface area (Å²) in [5.74, 6) is 0.284. The van der Waals surface area contributed by atoms with Crippen LogP contribution in [0.2, 0.25) is 0 Å². The average Bonchev–Trinajstić information content (AvgIpc) is 2.26. The summed E-state index contributed by atoms with van der Waals surface area (Å²) in [6, 6.07) is 0.376. The Kier molecular flexibility index (Phi) is 8.38. The summed E-state index contributed by atoms with van der Waals surface area (Å²) in [4.78, 5) is 13.9. The highest BCUT2D eigenvalue weighted by molar-refractivity contribution is 5.76. The summed E-state index contributed by atoms with van der Waals surface area (Å²) >= 11 is 0. The lowest BCUT2D eigenvalue weighted by Gasteiger charge is -2.28. The zero-order chi connectivity index (χ0) is 11.7. The van der Waals surface area contributed by atoms with Crippen LogP contribution >= 0.6 is 0 Å². The molecule has 1 N–H and O–H groups in total. The first-order chi connectivity index (χ1) is 7.17. The second kappa shape index (κ2) is 8.72. The lowest BCUT2D eigenvalue weighted by Crippen LogP contribution is -2.40. The summed E-state index contributed by atoms with van der Waals surface area (Å²) in [6.07, 6.45) is 3.90. The van der Waals surface area contributed by atoms with Crippen molar-refractivity contribution in [3.8, 4) is 0 Å². The van der Waals surface area contributed by atoms with Crippen molar-refractivity contribution in [2.24, 2.45) is 0 Å². The highest BCUT2D eigenvalue weighted by atomic mass is 16.2. The highest BCUT2D eigenvalue weighted by Crippen LogP contribution is 2.07. The summed E-state index contributed by atoms with van der Waals surface area (Å²) in [7, 11) is 1.88. The normalized spacial score (nSPS) is 12.5. The first-order valence-corrected chi connectivity index (χ1v) is 6.11. The number of carbonyl (C=O) groups is 1. The third-order valence-corrected chi connectivity index (χ3v) is 2.78. The third-order valence-electron chi connectivity index (χ3n) is 2.78. The van der Waals surface area contributed by atoms with Gasteiger partial charge in [-0.15, -0.1) is 0 Å². The highest BCUT2D eigenvalue weighted by Gasteiger charge is 2.17. The van der Waals surface area contributed by atoms with Crippen LogP contribution in [0.15, 0.2) is 0 Å². The Bertz CT molecular complexity index is 171. The molecule has 0 aliphatic heterocycles. The number of carbonyl (C=O) groups excluding carboxylic acids is 1. The van der Waals surface area contributed by atoms with Gasteiger partial charge in [-0.1, -0.05) is 20.3 Å². The average molecular weight is 214 g/mol. The maximum absolute atomic E-state index is 11.9. The molecule has 3 heteroatoms. The van der Waals surface area contributed by atoms with Crippen LogP contribution < -0.4 is 5.32 Å². The monoisotopic (exact) mass is 214 g/mol. The molecule has 0 rings (SSSR count). The zero-order valence-electron chi connectivity index (χ0n) is 10.7. The van der Waals surface area contributed by atoms with E-state index in [0.29, 0.717) is 12.5 Å². The molecule has 90 valence electrons. The number of amides is 1. The molecule has 0 aromatic rings. The van der Waals surface area contributed by atoms with E-state index in [-0.39, 0.29) is 5.91 Å². The van der Waals surface area contributed by atoms with E-state index in [9.17, 15) is 4.79 Å². The van der Waals surface area contributed by atoms with Gasteiger partial charge in [0, 0.05) is 25.6 Å². The first-order valence-electron chi connectivity index (χ1n) is 6.11. The molecule has 0 aromatic carbocycles. The van der Waals surface area contributed by atoms with Gasteiger partial charge in [-0.2, -0.15) is 0 Å². The molecule has 1 amide bonds. The smallest absolute Gasteiger partial charge is 0.224 e. The molecule has 0 aromatic heterocycles. The maximum atomic E-state index is 11.9. The van der Waals surface area contributed by atoms with Crippen molar-refractivity contribution in [2.75, 3.05) is 20.1 Å². The molecule has 15 heavy (non-hydrogen) atoms. The molecule has 1 atom stereocenters. The van der Waals surface area contributed by atoms with Gasteiger partial charge in [-0.25, -0.2) is 0 Å². The standard InChI is InChI=1S/C12H26N2O/c1-5-7-10-14(11(3)6-2)12(15)8-9-13-4/h11,13H,5-10H2,1-4H3. The van der Waals surface area contributed by atoms with E-state index in [0.717, 1.165) is 32.4 Å². The maximum Gasteiger partial charge on any atom is 0.224 e. The quantitative estimate of drug-likeness (QED) is 0.670. The van der Waals surface area contributed by atoms with Crippen molar-refractivity contribution in [3.05, 3.63) is 0 Å². The van der Waals surface area contributed by atoms with E-state index in [4.69, 9.17) is 0 Å². The molecule has 1 unspecified atom stereocenters. The zero-order valence-corrected chi connectivity index (χ0v) is 10.7. The summed E-state index contributed by atoms with van der Waals surface area (Å²) in [5, 5.41) is 3.02. The van der Waals surface area contributed by atoms with Crippen molar-refractivity contribution in [2.45, 2.75) is 52.5 Å². The molecule has 0 aliphatic rings. The van der Waals surface area contributed by atoms with Crippen molar-refractivity contribution in [1.82, 2.24) is 10.2 Å². The van der Waals surface area contributed by atoms with Crippen LogP contribution in [0, 0.1) is 0 Å². The lowest BCUT2D eigenvalue weighted by atomic mass is 10.2. The fourth-order valence-corrected chi connectivity index (χ4v) is 1.52. The van der Waals surface area contributed by atoms with Crippen molar-refractivity contribution < 1.29 is 4.79 Å². The molecule has 0 saturated carbocycles. The van der Waals surface area contributed by atoms with Crippen molar-refractivity contribution in [3.63, 3.8) is 0 Å². The summed E-state index contributed by atoms with van der Waals surface area (Å²) in [5.41, 5.74) is 0. The molecule has 0 radical (unpaired) electrons. The summed E-state index contributed by atoms with van der Waals surface area (Å²) < 4.78 is 0. The van der Waals surface area contributed by atoms with Gasteiger partial charge in [-0.3, -0.25) is 4.79 Å². The topological polar surface area (TPSA) is 32.3 Å². The van der Waals surface area contributed by atoms with Gasteiger partial charge >= 0.3 is 0 Å². The first kappa shape index (κ1) is 14.4. The van der Waals surface area contributed by atoms with Gasteiger partial charge in [0.25, 0.3) is 0 Å². The van der Waals surface area contributed by atoms with E-state index in [1.807, 2.05) is 11.9 Å². The molecule has 3 nitrogen and oxygen atoms in total. The van der Waals surface area contributed by atoms with Gasteiger partial charge in [0.15, 0.2) is 0 Å². The number of nitrogens with one attached hydrogen (secondary N) is 1. The van der Waals surface area contributed by atoms with E-state index < -0.39 is 0 Å². The minimum Gasteiger partial charge on any atom is -0.340 e. The molecular weight excluding hydrogens is 188 g/mol. The molecule has 0 fully saturated rings. The predicted molar refractivity (Wildman–Crippen MR) is 64.9 cm³/mol. The van der Waals surface area contributed by atoms with E-state index >= 15 is 0 Å². The third kappa shape index (κ3) is 5.78. The van der Waals surface area contributed by atoms with Gasteiger partial charge in [0.05, 0.1) is 0 Å². The van der Waals surface area contributed by atoms with E-state index in [1.54, 1.807) is 0 Å². The Morgan fingerprint density at radius 2 is 2.07 bits per heavy atom. The second-order valence-electron chi connectivity index (χ2n) is 4.05. The minimum atomic E-state index is 0.284. The van der Waals surface area contributed by atoms with Crippen LogP contribution in [0.25, 0.3) is 0 Å². The molecule has 0 bridgehead atoms. The van der Waals surface area contributed by atoms with Gasteiger partial charge in [0.2, 0.25) is 5.91 Å². The fraction of sp³-hybridized carbons (Fsp3) is 0.917. The Balaban J connectivity index is 4.14. The Labute approximate surface area is 94.2 Å². The number of hydrogen-bond donors (Lipinski definition) is 1. The molecule has 0 saturated heterocycles. The van der Waals surface area contributed by atoms with E-state index in [1.165, 1.54) is 0 Å². The molecule has 0 heterocycles. The number of hydrogen-bond acceptors (Lipinski definition) is 2.